The van der Waals surface area contributed by atoms with Crippen LogP contribution in [0.15, 0.2) is 18.2 Å². The monoisotopic (exact) mass is 285 g/mol. The Morgan fingerprint density at radius 2 is 1.86 bits per heavy atom. The molecule has 112 valence electrons. The molecule has 1 amide bonds. The van der Waals surface area contributed by atoms with Crippen molar-refractivity contribution in [3.05, 3.63) is 51.8 Å². The second-order valence-electron chi connectivity index (χ2n) is 5.74. The Kier molecular flexibility index (Phi) is 4.16. The molecule has 0 aliphatic carbocycles. The van der Waals surface area contributed by atoms with E-state index in [1.165, 1.54) is 5.56 Å². The van der Waals surface area contributed by atoms with Crippen LogP contribution in [0.3, 0.4) is 0 Å². The van der Waals surface area contributed by atoms with Crippen molar-refractivity contribution in [1.29, 1.82) is 0 Å². The highest BCUT2D eigenvalue weighted by atomic mass is 16.2. The molecule has 1 aromatic carbocycles. The van der Waals surface area contributed by atoms with Crippen LogP contribution in [0, 0.1) is 27.7 Å². The molecule has 0 aliphatic heterocycles. The van der Waals surface area contributed by atoms with Crippen molar-refractivity contribution in [2.24, 2.45) is 0 Å². The molecule has 1 aromatic heterocycles. The van der Waals surface area contributed by atoms with E-state index < -0.39 is 0 Å². The first kappa shape index (κ1) is 15.3. The van der Waals surface area contributed by atoms with Crippen molar-refractivity contribution in [2.45, 2.75) is 40.7 Å². The van der Waals surface area contributed by atoms with Gasteiger partial charge in [0.25, 0.3) is 5.91 Å². The topological polar surface area (TPSA) is 49.0 Å². The van der Waals surface area contributed by atoms with Crippen LogP contribution in [0.5, 0.6) is 0 Å². The van der Waals surface area contributed by atoms with Gasteiger partial charge in [0.2, 0.25) is 0 Å². The number of rotatable bonds is 3. The number of carbonyl (C=O) groups excluding carboxylic acids is 1. The van der Waals surface area contributed by atoms with Crippen molar-refractivity contribution in [3.63, 3.8) is 0 Å². The Balaban J connectivity index is 2.28. The average molecular weight is 285 g/mol. The Morgan fingerprint density at radius 3 is 2.38 bits per heavy atom. The van der Waals surface area contributed by atoms with Gasteiger partial charge in [-0.25, -0.2) is 0 Å². The van der Waals surface area contributed by atoms with E-state index in [9.17, 15) is 4.79 Å². The lowest BCUT2D eigenvalue weighted by atomic mass is 10.0. The first-order chi connectivity index (χ1) is 9.82. The lowest BCUT2D eigenvalue weighted by Gasteiger charge is -2.26. The number of aromatic amines is 1. The minimum atomic E-state index is -0.0159. The van der Waals surface area contributed by atoms with Gasteiger partial charge >= 0.3 is 0 Å². The number of nitrogens with zero attached hydrogens (tertiary/aromatic N) is 2. The smallest absolute Gasteiger partial charge is 0.254 e. The summed E-state index contributed by atoms with van der Waals surface area (Å²) in [5.41, 5.74) is 6.11. The van der Waals surface area contributed by atoms with Crippen LogP contribution in [-0.4, -0.2) is 28.1 Å². The second kappa shape index (κ2) is 5.72. The van der Waals surface area contributed by atoms with E-state index in [2.05, 4.69) is 10.2 Å². The van der Waals surface area contributed by atoms with Crippen molar-refractivity contribution in [1.82, 2.24) is 15.1 Å². The van der Waals surface area contributed by atoms with Crippen LogP contribution in [0.25, 0.3) is 0 Å². The predicted octanol–water partition coefficient (Wildman–Crippen LogP) is 3.48. The van der Waals surface area contributed by atoms with Gasteiger partial charge in [0.15, 0.2) is 0 Å². The van der Waals surface area contributed by atoms with E-state index >= 15 is 0 Å². The summed E-state index contributed by atoms with van der Waals surface area (Å²) in [5.74, 6) is 0.0330. The average Bonchev–Trinajstić information content (AvgIpc) is 2.79. The Hall–Kier alpha value is -2.10. The summed E-state index contributed by atoms with van der Waals surface area (Å²) in [5, 5.41) is 7.19. The molecule has 0 fully saturated rings. The lowest BCUT2D eigenvalue weighted by Crippen LogP contribution is -2.30. The molecule has 4 nitrogen and oxygen atoms in total. The molecular formula is C17H23N3O. The normalized spacial score (nSPS) is 12.3. The number of H-pyrrole nitrogens is 1. The van der Waals surface area contributed by atoms with E-state index in [-0.39, 0.29) is 11.9 Å². The standard InChI is InChI=1S/C17H23N3O/c1-10-7-8-15(9-11(10)2)17(21)20(6)14(5)16-12(3)18-19-13(16)4/h7-9,14H,1-6H3,(H,18,19)/t14-/m0/s1. The Bertz CT molecular complexity index is 653. The quantitative estimate of drug-likeness (QED) is 0.938. The molecular weight excluding hydrogens is 262 g/mol. The van der Waals surface area contributed by atoms with Crippen molar-refractivity contribution in [2.75, 3.05) is 7.05 Å². The maximum atomic E-state index is 12.7. The third-order valence-corrected chi connectivity index (χ3v) is 4.26. The first-order valence-electron chi connectivity index (χ1n) is 7.18. The van der Waals surface area contributed by atoms with Gasteiger partial charge in [0.05, 0.1) is 11.7 Å². The first-order valence-corrected chi connectivity index (χ1v) is 7.18. The maximum Gasteiger partial charge on any atom is 0.254 e. The number of hydrogen-bond acceptors (Lipinski definition) is 2. The van der Waals surface area contributed by atoms with Crippen molar-refractivity contribution < 1.29 is 4.79 Å². The zero-order valence-corrected chi connectivity index (χ0v) is 13.6. The van der Waals surface area contributed by atoms with Crippen LogP contribution < -0.4 is 0 Å². The molecule has 2 rings (SSSR count). The van der Waals surface area contributed by atoms with E-state index in [0.717, 1.165) is 28.1 Å². The van der Waals surface area contributed by atoms with Crippen LogP contribution >= 0.6 is 0 Å². The fraction of sp³-hybridized carbons (Fsp3) is 0.412. The molecule has 0 saturated heterocycles. The minimum absolute atomic E-state index is 0.0159. The van der Waals surface area contributed by atoms with Gasteiger partial charge in [0, 0.05) is 23.9 Å². The maximum absolute atomic E-state index is 12.7. The fourth-order valence-electron chi connectivity index (χ4n) is 2.62. The zero-order valence-electron chi connectivity index (χ0n) is 13.6. The van der Waals surface area contributed by atoms with Gasteiger partial charge in [-0.3, -0.25) is 9.89 Å². The van der Waals surface area contributed by atoms with Crippen LogP contribution in [-0.2, 0) is 0 Å². The number of nitrogens with one attached hydrogen (secondary N) is 1. The molecule has 2 aromatic rings. The Morgan fingerprint density at radius 1 is 1.19 bits per heavy atom. The molecule has 1 N–H and O–H groups in total. The van der Waals surface area contributed by atoms with Gasteiger partial charge < -0.3 is 4.90 Å². The van der Waals surface area contributed by atoms with Gasteiger partial charge in [-0.05, 0) is 57.9 Å². The number of amides is 1. The molecule has 0 bridgehead atoms. The highest BCUT2D eigenvalue weighted by Crippen LogP contribution is 2.25. The van der Waals surface area contributed by atoms with Crippen LogP contribution in [0.4, 0.5) is 0 Å². The molecule has 0 saturated carbocycles. The van der Waals surface area contributed by atoms with E-state index in [0.29, 0.717) is 0 Å². The highest BCUT2D eigenvalue weighted by Gasteiger charge is 2.23. The fourth-order valence-corrected chi connectivity index (χ4v) is 2.62. The van der Waals surface area contributed by atoms with Gasteiger partial charge in [-0.1, -0.05) is 6.07 Å². The Labute approximate surface area is 126 Å². The molecule has 0 spiro atoms. The van der Waals surface area contributed by atoms with E-state index in [4.69, 9.17) is 0 Å². The third-order valence-electron chi connectivity index (χ3n) is 4.26. The molecule has 1 heterocycles. The molecule has 4 heteroatoms. The molecule has 0 aliphatic rings. The van der Waals surface area contributed by atoms with Crippen molar-refractivity contribution >= 4 is 5.91 Å². The summed E-state index contributed by atoms with van der Waals surface area (Å²) < 4.78 is 0. The number of aromatic nitrogens is 2. The number of carbonyl (C=O) groups is 1. The minimum Gasteiger partial charge on any atom is -0.335 e. The van der Waals surface area contributed by atoms with Gasteiger partial charge in [-0.2, -0.15) is 5.10 Å². The summed E-state index contributed by atoms with van der Waals surface area (Å²) in [7, 11) is 1.84. The summed E-state index contributed by atoms with van der Waals surface area (Å²) in [6.45, 7) is 10.1. The lowest BCUT2D eigenvalue weighted by molar-refractivity contribution is 0.0742. The van der Waals surface area contributed by atoms with Gasteiger partial charge in [0.1, 0.15) is 0 Å². The van der Waals surface area contributed by atoms with Crippen LogP contribution in [0.2, 0.25) is 0 Å². The molecule has 21 heavy (non-hydrogen) atoms. The van der Waals surface area contributed by atoms with Crippen LogP contribution in [0.1, 0.15) is 51.4 Å². The molecule has 1 atom stereocenters. The molecule has 0 unspecified atom stereocenters. The summed E-state index contributed by atoms with van der Waals surface area (Å²) in [6.07, 6.45) is 0. The highest BCUT2D eigenvalue weighted by molar-refractivity contribution is 5.94. The van der Waals surface area contributed by atoms with Crippen molar-refractivity contribution in [3.8, 4) is 0 Å². The van der Waals surface area contributed by atoms with E-state index in [1.54, 1.807) is 4.90 Å². The summed E-state index contributed by atoms with van der Waals surface area (Å²) in [4.78, 5) is 14.4. The van der Waals surface area contributed by atoms with Gasteiger partial charge in [-0.15, -0.1) is 0 Å². The third kappa shape index (κ3) is 2.84. The summed E-state index contributed by atoms with van der Waals surface area (Å²) in [6, 6.07) is 5.83. The summed E-state index contributed by atoms with van der Waals surface area (Å²) >= 11 is 0. The largest absolute Gasteiger partial charge is 0.335 e. The second-order valence-corrected chi connectivity index (χ2v) is 5.74. The predicted molar refractivity (Wildman–Crippen MR) is 84.5 cm³/mol. The number of aryl methyl sites for hydroxylation is 4. The zero-order chi connectivity index (χ0) is 15.7. The SMILES string of the molecule is Cc1ccc(C(=O)N(C)[C@@H](C)c2c(C)n[nH]c2C)cc1C. The number of hydrogen-bond donors (Lipinski definition) is 1. The number of benzene rings is 1. The molecule has 0 radical (unpaired) electrons. The van der Waals surface area contributed by atoms with E-state index in [1.807, 2.05) is 59.9 Å².